The van der Waals surface area contributed by atoms with E-state index in [1.807, 2.05) is 24.3 Å². The summed E-state index contributed by atoms with van der Waals surface area (Å²) >= 11 is 5.58. The second-order valence-corrected chi connectivity index (χ2v) is 3.53. The van der Waals surface area contributed by atoms with E-state index in [9.17, 15) is 0 Å². The fraction of sp³-hybridized carbons (Fsp3) is 0.273. The van der Waals surface area contributed by atoms with Crippen molar-refractivity contribution in [3.05, 3.63) is 41.5 Å². The maximum absolute atomic E-state index is 5.58. The Labute approximate surface area is 98.2 Å². The fourth-order valence-electron chi connectivity index (χ4n) is 1.33. The zero-order valence-corrected chi connectivity index (χ0v) is 9.57. The van der Waals surface area contributed by atoms with Gasteiger partial charge in [-0.15, -0.1) is 11.6 Å². The molecule has 2 aromatic rings. The molecular formula is C11H11ClN2O2. The van der Waals surface area contributed by atoms with Crippen molar-refractivity contribution in [1.29, 1.82) is 0 Å². The predicted molar refractivity (Wildman–Crippen MR) is 59.7 cm³/mol. The molecule has 0 saturated heterocycles. The molecule has 0 unspecified atom stereocenters. The van der Waals surface area contributed by atoms with Gasteiger partial charge in [-0.25, -0.2) is 0 Å². The molecule has 4 nitrogen and oxygen atoms in total. The SMILES string of the molecule is COc1ccc(Cc2nc(CCl)no2)cc1. The normalized spacial score (nSPS) is 10.4. The second-order valence-electron chi connectivity index (χ2n) is 3.26. The Balaban J connectivity index is 2.08. The quantitative estimate of drug-likeness (QED) is 0.768. The standard InChI is InChI=1S/C11H11ClN2O2/c1-15-9-4-2-8(3-5-9)6-11-13-10(7-12)14-16-11/h2-5H,6-7H2,1H3. The van der Waals surface area contributed by atoms with Crippen LogP contribution in [0.5, 0.6) is 5.75 Å². The van der Waals surface area contributed by atoms with Crippen molar-refractivity contribution >= 4 is 11.6 Å². The number of nitrogens with zero attached hydrogens (tertiary/aromatic N) is 2. The van der Waals surface area contributed by atoms with Gasteiger partial charge in [0.15, 0.2) is 5.82 Å². The highest BCUT2D eigenvalue weighted by atomic mass is 35.5. The maximum Gasteiger partial charge on any atom is 0.231 e. The van der Waals surface area contributed by atoms with E-state index in [2.05, 4.69) is 10.1 Å². The molecule has 0 N–H and O–H groups in total. The molecule has 0 aliphatic rings. The number of ether oxygens (including phenoxy) is 1. The van der Waals surface area contributed by atoms with Crippen LogP contribution < -0.4 is 4.74 Å². The highest BCUT2D eigenvalue weighted by Crippen LogP contribution is 2.14. The molecule has 1 heterocycles. The summed E-state index contributed by atoms with van der Waals surface area (Å²) in [4.78, 5) is 4.13. The minimum Gasteiger partial charge on any atom is -0.497 e. The van der Waals surface area contributed by atoms with Gasteiger partial charge < -0.3 is 9.26 Å². The van der Waals surface area contributed by atoms with Crippen LogP contribution >= 0.6 is 11.6 Å². The van der Waals surface area contributed by atoms with Crippen LogP contribution in [-0.2, 0) is 12.3 Å². The van der Waals surface area contributed by atoms with Crippen LogP contribution in [0.15, 0.2) is 28.8 Å². The maximum atomic E-state index is 5.58. The Hall–Kier alpha value is -1.55. The van der Waals surface area contributed by atoms with Crippen LogP contribution in [0.3, 0.4) is 0 Å². The van der Waals surface area contributed by atoms with Gasteiger partial charge >= 0.3 is 0 Å². The molecule has 0 aliphatic carbocycles. The van der Waals surface area contributed by atoms with Gasteiger partial charge in [0.2, 0.25) is 5.89 Å². The lowest BCUT2D eigenvalue weighted by molar-refractivity contribution is 0.380. The van der Waals surface area contributed by atoms with Gasteiger partial charge in [0.25, 0.3) is 0 Å². The van der Waals surface area contributed by atoms with Crippen molar-refractivity contribution in [3.63, 3.8) is 0 Å². The van der Waals surface area contributed by atoms with Crippen LogP contribution in [0.4, 0.5) is 0 Å². The third-order valence-corrected chi connectivity index (χ3v) is 2.38. The Kier molecular flexibility index (Phi) is 3.41. The van der Waals surface area contributed by atoms with Gasteiger partial charge in [-0.2, -0.15) is 4.98 Å². The molecular weight excluding hydrogens is 228 g/mol. The first-order chi connectivity index (χ1) is 7.81. The summed E-state index contributed by atoms with van der Waals surface area (Å²) in [5.74, 6) is 2.19. The molecule has 84 valence electrons. The molecule has 0 aliphatic heterocycles. The molecule has 1 aromatic carbocycles. The van der Waals surface area contributed by atoms with Crippen molar-refractivity contribution in [1.82, 2.24) is 10.1 Å². The number of alkyl halides is 1. The first-order valence-electron chi connectivity index (χ1n) is 4.82. The van der Waals surface area contributed by atoms with Crippen molar-refractivity contribution in [2.75, 3.05) is 7.11 Å². The van der Waals surface area contributed by atoms with E-state index in [1.165, 1.54) is 0 Å². The molecule has 16 heavy (non-hydrogen) atoms. The third kappa shape index (κ3) is 2.52. The van der Waals surface area contributed by atoms with Crippen LogP contribution in [0.2, 0.25) is 0 Å². The van der Waals surface area contributed by atoms with Crippen LogP contribution in [0.25, 0.3) is 0 Å². The molecule has 0 saturated carbocycles. The van der Waals surface area contributed by atoms with Crippen molar-refractivity contribution in [2.24, 2.45) is 0 Å². The molecule has 2 rings (SSSR count). The van der Waals surface area contributed by atoms with Crippen LogP contribution in [-0.4, -0.2) is 17.3 Å². The topological polar surface area (TPSA) is 48.2 Å². The lowest BCUT2D eigenvalue weighted by atomic mass is 10.1. The predicted octanol–water partition coefficient (Wildman–Crippen LogP) is 2.41. The van der Waals surface area contributed by atoms with Gasteiger partial charge in [0.05, 0.1) is 19.4 Å². The number of benzene rings is 1. The second kappa shape index (κ2) is 4.99. The Morgan fingerprint density at radius 2 is 2.06 bits per heavy atom. The van der Waals surface area contributed by atoms with E-state index in [-0.39, 0.29) is 5.88 Å². The van der Waals surface area contributed by atoms with Gasteiger partial charge in [0.1, 0.15) is 5.75 Å². The summed E-state index contributed by atoms with van der Waals surface area (Å²) in [6, 6.07) is 7.72. The molecule has 1 aromatic heterocycles. The summed E-state index contributed by atoms with van der Waals surface area (Å²) in [5, 5.41) is 3.72. The average molecular weight is 239 g/mol. The smallest absolute Gasteiger partial charge is 0.231 e. The van der Waals surface area contributed by atoms with E-state index in [0.717, 1.165) is 11.3 Å². The van der Waals surface area contributed by atoms with E-state index in [0.29, 0.717) is 18.1 Å². The Morgan fingerprint density at radius 1 is 1.31 bits per heavy atom. The highest BCUT2D eigenvalue weighted by Gasteiger charge is 2.06. The van der Waals surface area contributed by atoms with Crippen LogP contribution in [0.1, 0.15) is 17.3 Å². The molecule has 0 spiro atoms. The monoisotopic (exact) mass is 238 g/mol. The van der Waals surface area contributed by atoms with Crippen LogP contribution in [0, 0.1) is 0 Å². The van der Waals surface area contributed by atoms with E-state index < -0.39 is 0 Å². The number of halogens is 1. The molecule has 0 bridgehead atoms. The van der Waals surface area contributed by atoms with E-state index in [1.54, 1.807) is 7.11 Å². The lowest BCUT2D eigenvalue weighted by Gasteiger charge is -2.00. The summed E-state index contributed by atoms with van der Waals surface area (Å²) < 4.78 is 10.1. The van der Waals surface area contributed by atoms with Crippen molar-refractivity contribution < 1.29 is 9.26 Å². The van der Waals surface area contributed by atoms with Gasteiger partial charge in [-0.3, -0.25) is 0 Å². The van der Waals surface area contributed by atoms with Gasteiger partial charge in [-0.05, 0) is 17.7 Å². The summed E-state index contributed by atoms with van der Waals surface area (Å²) in [7, 11) is 1.64. The Morgan fingerprint density at radius 3 is 2.62 bits per heavy atom. The van der Waals surface area contributed by atoms with E-state index in [4.69, 9.17) is 20.9 Å². The summed E-state index contributed by atoms with van der Waals surface area (Å²) in [5.41, 5.74) is 1.09. The highest BCUT2D eigenvalue weighted by molar-refractivity contribution is 6.16. The summed E-state index contributed by atoms with van der Waals surface area (Å²) in [6.45, 7) is 0. The molecule has 0 amide bonds. The number of hydrogen-bond donors (Lipinski definition) is 0. The molecule has 5 heteroatoms. The first kappa shape index (κ1) is 11.0. The zero-order valence-electron chi connectivity index (χ0n) is 8.81. The first-order valence-corrected chi connectivity index (χ1v) is 5.35. The average Bonchev–Trinajstić information content (AvgIpc) is 2.78. The van der Waals surface area contributed by atoms with Crippen molar-refractivity contribution in [2.45, 2.75) is 12.3 Å². The number of hydrogen-bond acceptors (Lipinski definition) is 4. The lowest BCUT2D eigenvalue weighted by Crippen LogP contribution is -1.89. The minimum atomic E-state index is 0.270. The third-order valence-electron chi connectivity index (χ3n) is 2.14. The number of methoxy groups -OCH3 is 1. The minimum absolute atomic E-state index is 0.270. The number of rotatable bonds is 4. The summed E-state index contributed by atoms with van der Waals surface area (Å²) in [6.07, 6.45) is 0.605. The van der Waals surface area contributed by atoms with E-state index >= 15 is 0 Å². The molecule has 0 atom stereocenters. The molecule has 0 fully saturated rings. The fourth-order valence-corrected chi connectivity index (χ4v) is 1.44. The zero-order chi connectivity index (χ0) is 11.4. The number of aromatic nitrogens is 2. The molecule has 0 radical (unpaired) electrons. The van der Waals surface area contributed by atoms with Gasteiger partial charge in [0, 0.05) is 0 Å². The largest absolute Gasteiger partial charge is 0.497 e. The Bertz CT molecular complexity index is 453. The van der Waals surface area contributed by atoms with Gasteiger partial charge in [-0.1, -0.05) is 17.3 Å². The van der Waals surface area contributed by atoms with Crippen molar-refractivity contribution in [3.8, 4) is 5.75 Å².